The lowest BCUT2D eigenvalue weighted by molar-refractivity contribution is 0.102. The third kappa shape index (κ3) is 3.73. The molecule has 0 aliphatic carbocycles. The number of nitrogens with one attached hydrogen (secondary N) is 1. The van der Waals surface area contributed by atoms with Crippen LogP contribution in [0.5, 0.6) is 0 Å². The highest BCUT2D eigenvalue weighted by Gasteiger charge is 2.14. The van der Waals surface area contributed by atoms with Crippen LogP contribution in [0.3, 0.4) is 0 Å². The summed E-state index contributed by atoms with van der Waals surface area (Å²) < 4.78 is 14.0. The van der Waals surface area contributed by atoms with Crippen LogP contribution in [0.25, 0.3) is 22.2 Å². The zero-order valence-electron chi connectivity index (χ0n) is 14.1. The number of aromatic nitrogens is 1. The molecule has 4 aromatic rings. The van der Waals surface area contributed by atoms with Crippen LogP contribution in [0.15, 0.2) is 83.3 Å². The van der Waals surface area contributed by atoms with Crippen molar-refractivity contribution < 1.29 is 9.18 Å². The van der Waals surface area contributed by atoms with Gasteiger partial charge in [-0.05, 0) is 48.5 Å². The first-order chi connectivity index (χ1) is 13.1. The Morgan fingerprint density at radius 1 is 0.926 bits per heavy atom. The summed E-state index contributed by atoms with van der Waals surface area (Å²) in [5.41, 5.74) is 3.40. The van der Waals surface area contributed by atoms with Gasteiger partial charge in [0.15, 0.2) is 0 Å². The fourth-order valence-corrected chi connectivity index (χ4v) is 3.29. The van der Waals surface area contributed by atoms with Gasteiger partial charge in [-0.15, -0.1) is 0 Å². The molecular weight excluding hydrogens is 407 g/mol. The molecule has 27 heavy (non-hydrogen) atoms. The third-order valence-electron chi connectivity index (χ3n) is 4.18. The van der Waals surface area contributed by atoms with Crippen LogP contribution in [0.1, 0.15) is 10.4 Å². The van der Waals surface area contributed by atoms with Gasteiger partial charge >= 0.3 is 0 Å². The molecule has 3 aromatic carbocycles. The van der Waals surface area contributed by atoms with Crippen LogP contribution in [0.4, 0.5) is 10.1 Å². The number of anilines is 1. The van der Waals surface area contributed by atoms with Crippen LogP contribution in [0.2, 0.25) is 0 Å². The molecule has 0 atom stereocenters. The quantitative estimate of drug-likeness (QED) is 0.437. The first kappa shape index (κ1) is 17.4. The average Bonchev–Trinajstić information content (AvgIpc) is 2.69. The number of carbonyl (C=O) groups is 1. The number of para-hydroxylation sites is 1. The van der Waals surface area contributed by atoms with E-state index >= 15 is 0 Å². The Morgan fingerprint density at radius 3 is 2.48 bits per heavy atom. The van der Waals surface area contributed by atoms with E-state index in [1.165, 1.54) is 24.3 Å². The van der Waals surface area contributed by atoms with Gasteiger partial charge in [-0.2, -0.15) is 0 Å². The van der Waals surface area contributed by atoms with Crippen LogP contribution < -0.4 is 5.32 Å². The summed E-state index contributed by atoms with van der Waals surface area (Å²) in [6, 6.07) is 22.8. The maximum atomic E-state index is 13.1. The summed E-state index contributed by atoms with van der Waals surface area (Å²) in [6.07, 6.45) is 0. The van der Waals surface area contributed by atoms with Gasteiger partial charge < -0.3 is 5.32 Å². The molecule has 1 amide bonds. The molecule has 0 saturated carbocycles. The molecule has 0 aliphatic rings. The van der Waals surface area contributed by atoms with Gasteiger partial charge in [0, 0.05) is 21.1 Å². The van der Waals surface area contributed by atoms with Crippen molar-refractivity contribution in [2.24, 2.45) is 0 Å². The number of rotatable bonds is 3. The number of pyridine rings is 1. The number of hydrogen-bond donors (Lipinski definition) is 1. The Balaban J connectivity index is 1.80. The average molecular weight is 421 g/mol. The minimum Gasteiger partial charge on any atom is -0.322 e. The SMILES string of the molecule is O=C(Nc1ccc(F)cc1)c1cc(-c2cccc(Br)c2)nc2ccccc12. The van der Waals surface area contributed by atoms with E-state index in [2.05, 4.69) is 21.2 Å². The van der Waals surface area contributed by atoms with Gasteiger partial charge in [-0.1, -0.05) is 46.3 Å². The van der Waals surface area contributed by atoms with Crippen molar-refractivity contribution in [1.29, 1.82) is 0 Å². The molecule has 0 saturated heterocycles. The number of nitrogens with zero attached hydrogens (tertiary/aromatic N) is 1. The molecule has 0 unspecified atom stereocenters. The van der Waals surface area contributed by atoms with Gasteiger partial charge in [-0.3, -0.25) is 4.79 Å². The Kier molecular flexibility index (Phi) is 4.69. The van der Waals surface area contributed by atoms with E-state index in [1.807, 2.05) is 48.5 Å². The normalized spacial score (nSPS) is 10.7. The second-order valence-corrected chi connectivity index (χ2v) is 6.96. The van der Waals surface area contributed by atoms with E-state index in [1.54, 1.807) is 6.07 Å². The first-order valence-electron chi connectivity index (χ1n) is 8.33. The standard InChI is InChI=1S/C22H14BrFN2O/c23-15-5-3-4-14(12-15)21-13-19(18-6-1-2-7-20(18)26-21)22(27)25-17-10-8-16(24)9-11-17/h1-13H,(H,25,27). The Hall–Kier alpha value is -3.05. The van der Waals surface area contributed by atoms with E-state index in [0.29, 0.717) is 16.9 Å². The highest BCUT2D eigenvalue weighted by Crippen LogP contribution is 2.27. The predicted octanol–water partition coefficient (Wildman–Crippen LogP) is 6.06. The lowest BCUT2D eigenvalue weighted by atomic mass is 10.0. The van der Waals surface area contributed by atoms with Crippen LogP contribution in [-0.4, -0.2) is 10.9 Å². The largest absolute Gasteiger partial charge is 0.322 e. The molecule has 4 rings (SSSR count). The molecule has 3 nitrogen and oxygen atoms in total. The summed E-state index contributed by atoms with van der Waals surface area (Å²) in [6.45, 7) is 0. The van der Waals surface area contributed by atoms with E-state index in [4.69, 9.17) is 4.98 Å². The number of hydrogen-bond acceptors (Lipinski definition) is 2. The van der Waals surface area contributed by atoms with Crippen molar-refractivity contribution in [2.75, 3.05) is 5.32 Å². The van der Waals surface area contributed by atoms with Crippen molar-refractivity contribution in [3.63, 3.8) is 0 Å². The number of amides is 1. The van der Waals surface area contributed by atoms with Crippen LogP contribution in [0, 0.1) is 5.82 Å². The van der Waals surface area contributed by atoms with Crippen LogP contribution >= 0.6 is 15.9 Å². The van der Waals surface area contributed by atoms with Crippen molar-refractivity contribution in [3.8, 4) is 11.3 Å². The molecule has 0 fully saturated rings. The van der Waals surface area contributed by atoms with Crippen molar-refractivity contribution in [2.45, 2.75) is 0 Å². The van der Waals surface area contributed by atoms with Crippen molar-refractivity contribution in [3.05, 3.63) is 94.7 Å². The van der Waals surface area contributed by atoms with E-state index in [-0.39, 0.29) is 11.7 Å². The Morgan fingerprint density at radius 2 is 1.70 bits per heavy atom. The van der Waals surface area contributed by atoms with Gasteiger partial charge in [0.1, 0.15) is 5.82 Å². The Labute approximate surface area is 164 Å². The zero-order valence-corrected chi connectivity index (χ0v) is 15.7. The summed E-state index contributed by atoms with van der Waals surface area (Å²) >= 11 is 3.47. The number of carbonyl (C=O) groups excluding carboxylic acids is 1. The highest BCUT2D eigenvalue weighted by atomic mass is 79.9. The maximum Gasteiger partial charge on any atom is 0.256 e. The number of benzene rings is 3. The molecule has 1 heterocycles. The highest BCUT2D eigenvalue weighted by molar-refractivity contribution is 9.10. The topological polar surface area (TPSA) is 42.0 Å². The summed E-state index contributed by atoms with van der Waals surface area (Å²) in [5.74, 6) is -0.615. The molecule has 0 aliphatic heterocycles. The molecule has 1 N–H and O–H groups in total. The lowest BCUT2D eigenvalue weighted by Gasteiger charge is -2.11. The van der Waals surface area contributed by atoms with Crippen molar-refractivity contribution >= 4 is 38.4 Å². The molecule has 132 valence electrons. The molecular formula is C22H14BrFN2O. The molecule has 0 spiro atoms. The Bertz CT molecular complexity index is 1140. The molecule has 0 bridgehead atoms. The summed E-state index contributed by atoms with van der Waals surface area (Å²) in [7, 11) is 0. The summed E-state index contributed by atoms with van der Waals surface area (Å²) in [5, 5.41) is 3.59. The number of fused-ring (bicyclic) bond motifs is 1. The van der Waals surface area contributed by atoms with E-state index in [0.717, 1.165) is 20.9 Å². The monoisotopic (exact) mass is 420 g/mol. The fraction of sp³-hybridized carbons (Fsp3) is 0. The van der Waals surface area contributed by atoms with E-state index < -0.39 is 0 Å². The smallest absolute Gasteiger partial charge is 0.256 e. The third-order valence-corrected chi connectivity index (χ3v) is 4.68. The minimum absolute atomic E-state index is 0.267. The second kappa shape index (κ2) is 7.29. The number of halogens is 2. The fourth-order valence-electron chi connectivity index (χ4n) is 2.89. The van der Waals surface area contributed by atoms with E-state index in [9.17, 15) is 9.18 Å². The maximum absolute atomic E-state index is 13.1. The lowest BCUT2D eigenvalue weighted by Crippen LogP contribution is -2.13. The van der Waals surface area contributed by atoms with Gasteiger partial charge in [-0.25, -0.2) is 9.37 Å². The predicted molar refractivity (Wildman–Crippen MR) is 109 cm³/mol. The minimum atomic E-state index is -0.348. The zero-order chi connectivity index (χ0) is 18.8. The van der Waals surface area contributed by atoms with Gasteiger partial charge in [0.2, 0.25) is 0 Å². The summed E-state index contributed by atoms with van der Waals surface area (Å²) in [4.78, 5) is 17.6. The van der Waals surface area contributed by atoms with Gasteiger partial charge in [0.05, 0.1) is 16.8 Å². The molecule has 5 heteroatoms. The second-order valence-electron chi connectivity index (χ2n) is 6.04. The first-order valence-corrected chi connectivity index (χ1v) is 9.12. The molecule has 1 aromatic heterocycles. The van der Waals surface area contributed by atoms with Crippen LogP contribution in [-0.2, 0) is 0 Å². The molecule has 0 radical (unpaired) electrons. The van der Waals surface area contributed by atoms with Gasteiger partial charge in [0.25, 0.3) is 5.91 Å². The van der Waals surface area contributed by atoms with Crippen molar-refractivity contribution in [1.82, 2.24) is 4.98 Å².